The van der Waals surface area contributed by atoms with Crippen LogP contribution in [0.1, 0.15) is 37.1 Å². The zero-order valence-electron chi connectivity index (χ0n) is 13.6. The maximum absolute atomic E-state index is 12.4. The number of hydrogen-bond acceptors (Lipinski definition) is 4. The van der Waals surface area contributed by atoms with Crippen molar-refractivity contribution in [2.24, 2.45) is 0 Å². The van der Waals surface area contributed by atoms with Gasteiger partial charge in [-0.25, -0.2) is 4.98 Å². The van der Waals surface area contributed by atoms with Crippen LogP contribution < -0.4 is 5.32 Å². The molecule has 2 aliphatic heterocycles. The summed E-state index contributed by atoms with van der Waals surface area (Å²) in [5, 5.41) is 4.17. The molecule has 0 radical (unpaired) electrons. The maximum Gasteiger partial charge on any atom is 0.222 e. The van der Waals surface area contributed by atoms with E-state index in [1.807, 2.05) is 23.1 Å². The fraction of sp³-hybridized carbons (Fsp3) is 0.500. The summed E-state index contributed by atoms with van der Waals surface area (Å²) in [5.74, 6) is 0.328. The second-order valence-electron chi connectivity index (χ2n) is 6.82. The zero-order valence-corrected chi connectivity index (χ0v) is 14.4. The minimum absolute atomic E-state index is 0.125. The van der Waals surface area contributed by atoms with E-state index in [4.69, 9.17) is 0 Å². The molecule has 1 atom stereocenters. The summed E-state index contributed by atoms with van der Waals surface area (Å²) >= 11 is 1.71. The molecule has 2 fully saturated rings. The fourth-order valence-electron chi connectivity index (χ4n) is 3.74. The van der Waals surface area contributed by atoms with Gasteiger partial charge in [-0.15, -0.1) is 11.3 Å². The van der Waals surface area contributed by atoms with Crippen LogP contribution in [0.5, 0.6) is 0 Å². The van der Waals surface area contributed by atoms with Crippen molar-refractivity contribution in [3.63, 3.8) is 0 Å². The Morgan fingerprint density at radius 1 is 1.33 bits per heavy atom. The van der Waals surface area contributed by atoms with Gasteiger partial charge in [-0.05, 0) is 37.8 Å². The maximum atomic E-state index is 12.4. The quantitative estimate of drug-likeness (QED) is 0.928. The van der Waals surface area contributed by atoms with Crippen molar-refractivity contribution >= 4 is 33.4 Å². The first-order valence-electron chi connectivity index (χ1n) is 8.57. The Kier molecular flexibility index (Phi) is 4.00. The molecule has 2 aliphatic rings. The highest BCUT2D eigenvalue weighted by molar-refractivity contribution is 7.18. The van der Waals surface area contributed by atoms with Crippen LogP contribution in [0.4, 0.5) is 0 Å². The van der Waals surface area contributed by atoms with E-state index in [9.17, 15) is 9.59 Å². The van der Waals surface area contributed by atoms with Crippen LogP contribution in [0.15, 0.2) is 24.3 Å². The number of thiazole rings is 1. The van der Waals surface area contributed by atoms with E-state index >= 15 is 0 Å². The summed E-state index contributed by atoms with van der Waals surface area (Å²) in [5.41, 5.74) is 0.905. The molecule has 1 spiro atoms. The topological polar surface area (TPSA) is 62.3 Å². The van der Waals surface area contributed by atoms with Crippen molar-refractivity contribution in [2.75, 3.05) is 13.1 Å². The molecule has 0 bridgehead atoms. The van der Waals surface area contributed by atoms with E-state index in [1.165, 1.54) is 4.70 Å². The van der Waals surface area contributed by atoms with E-state index in [-0.39, 0.29) is 17.4 Å². The summed E-state index contributed by atoms with van der Waals surface area (Å²) < 4.78 is 1.21. The molecular formula is C18H21N3O2S. The van der Waals surface area contributed by atoms with Crippen LogP contribution in [-0.4, -0.2) is 40.3 Å². The van der Waals surface area contributed by atoms with Crippen LogP contribution in [0.2, 0.25) is 0 Å². The predicted octanol–water partition coefficient (Wildman–Crippen LogP) is 2.50. The standard InChI is InChI=1S/C18H21N3O2S/c22-15-8-9-18(20-15)10-11-21(12-18)17(23)7-3-6-16-19-13-4-1-2-5-14(13)24-16/h1-2,4-5H,3,6-12H2,(H,20,22). The number of aryl methyl sites for hydroxylation is 1. The van der Waals surface area contributed by atoms with Crippen LogP contribution in [0.25, 0.3) is 10.2 Å². The second-order valence-corrected chi connectivity index (χ2v) is 7.94. The number of rotatable bonds is 4. The Morgan fingerprint density at radius 2 is 2.21 bits per heavy atom. The van der Waals surface area contributed by atoms with Gasteiger partial charge in [-0.2, -0.15) is 0 Å². The number of fused-ring (bicyclic) bond motifs is 1. The molecule has 4 rings (SSSR count). The number of amides is 2. The molecule has 24 heavy (non-hydrogen) atoms. The molecule has 1 aromatic heterocycles. The third kappa shape index (κ3) is 3.02. The molecule has 1 N–H and O–H groups in total. The Hall–Kier alpha value is -1.95. The number of benzene rings is 1. The molecule has 6 heteroatoms. The van der Waals surface area contributed by atoms with Gasteiger partial charge in [0.05, 0.1) is 20.8 Å². The lowest BCUT2D eigenvalue weighted by Crippen LogP contribution is -2.44. The van der Waals surface area contributed by atoms with E-state index in [1.54, 1.807) is 11.3 Å². The van der Waals surface area contributed by atoms with Crippen molar-refractivity contribution in [1.82, 2.24) is 15.2 Å². The van der Waals surface area contributed by atoms with Crippen molar-refractivity contribution < 1.29 is 9.59 Å². The van der Waals surface area contributed by atoms with E-state index in [2.05, 4.69) is 16.4 Å². The molecule has 2 saturated heterocycles. The van der Waals surface area contributed by atoms with E-state index in [0.717, 1.165) is 42.8 Å². The molecule has 0 aliphatic carbocycles. The lowest BCUT2D eigenvalue weighted by Gasteiger charge is -2.23. The highest BCUT2D eigenvalue weighted by Crippen LogP contribution is 2.31. The molecule has 1 unspecified atom stereocenters. The second kappa shape index (κ2) is 6.16. The summed E-state index contributed by atoms with van der Waals surface area (Å²) in [6.45, 7) is 1.44. The average Bonchev–Trinajstić information content (AvgIpc) is 3.26. The molecule has 1 aromatic carbocycles. The first-order chi connectivity index (χ1) is 11.6. The number of aromatic nitrogens is 1. The third-order valence-electron chi connectivity index (χ3n) is 5.06. The lowest BCUT2D eigenvalue weighted by atomic mass is 9.97. The SMILES string of the molecule is O=C1CCC2(CCN(C(=O)CCCc3nc4ccccc4s3)C2)N1. The summed E-state index contributed by atoms with van der Waals surface area (Å²) in [6.07, 6.45) is 4.58. The van der Waals surface area contributed by atoms with Gasteiger partial charge in [0.15, 0.2) is 0 Å². The highest BCUT2D eigenvalue weighted by atomic mass is 32.1. The molecule has 3 heterocycles. The number of nitrogens with zero attached hydrogens (tertiary/aromatic N) is 2. The Labute approximate surface area is 145 Å². The number of hydrogen-bond donors (Lipinski definition) is 1. The summed E-state index contributed by atoms with van der Waals surface area (Å²) in [4.78, 5) is 30.4. The predicted molar refractivity (Wildman–Crippen MR) is 93.9 cm³/mol. The minimum Gasteiger partial charge on any atom is -0.349 e. The van der Waals surface area contributed by atoms with Crippen LogP contribution in [0, 0.1) is 0 Å². The molecule has 2 amide bonds. The smallest absolute Gasteiger partial charge is 0.222 e. The summed E-state index contributed by atoms with van der Waals surface area (Å²) in [6, 6.07) is 8.14. The van der Waals surface area contributed by atoms with Gasteiger partial charge in [0.2, 0.25) is 11.8 Å². The molecular weight excluding hydrogens is 322 g/mol. The van der Waals surface area contributed by atoms with Gasteiger partial charge in [0.25, 0.3) is 0 Å². The van der Waals surface area contributed by atoms with Gasteiger partial charge >= 0.3 is 0 Å². The van der Waals surface area contributed by atoms with Gasteiger partial charge < -0.3 is 10.2 Å². The third-order valence-corrected chi connectivity index (χ3v) is 6.16. The fourth-order valence-corrected chi connectivity index (χ4v) is 4.75. The Balaban J connectivity index is 1.28. The minimum atomic E-state index is -0.139. The number of likely N-dealkylation sites (tertiary alicyclic amines) is 1. The van der Waals surface area contributed by atoms with E-state index < -0.39 is 0 Å². The van der Waals surface area contributed by atoms with Gasteiger partial charge in [-0.3, -0.25) is 9.59 Å². The zero-order chi connectivity index (χ0) is 16.6. The molecule has 5 nitrogen and oxygen atoms in total. The first kappa shape index (κ1) is 15.6. The molecule has 126 valence electrons. The number of para-hydroxylation sites is 1. The van der Waals surface area contributed by atoms with Crippen molar-refractivity contribution in [1.29, 1.82) is 0 Å². The van der Waals surface area contributed by atoms with Crippen molar-refractivity contribution in [2.45, 2.75) is 44.1 Å². The van der Waals surface area contributed by atoms with E-state index in [0.29, 0.717) is 19.4 Å². The van der Waals surface area contributed by atoms with Crippen LogP contribution >= 0.6 is 11.3 Å². The highest BCUT2D eigenvalue weighted by Gasteiger charge is 2.44. The monoisotopic (exact) mass is 343 g/mol. The van der Waals surface area contributed by atoms with Gasteiger partial charge in [0.1, 0.15) is 0 Å². The van der Waals surface area contributed by atoms with Crippen molar-refractivity contribution in [3.05, 3.63) is 29.3 Å². The van der Waals surface area contributed by atoms with Crippen LogP contribution in [-0.2, 0) is 16.0 Å². The molecule has 0 saturated carbocycles. The average molecular weight is 343 g/mol. The number of carbonyl (C=O) groups excluding carboxylic acids is 2. The molecule has 2 aromatic rings. The number of nitrogens with one attached hydrogen (secondary N) is 1. The largest absolute Gasteiger partial charge is 0.349 e. The van der Waals surface area contributed by atoms with Crippen LogP contribution in [0.3, 0.4) is 0 Å². The van der Waals surface area contributed by atoms with Gasteiger partial charge in [0, 0.05) is 25.9 Å². The van der Waals surface area contributed by atoms with Crippen molar-refractivity contribution in [3.8, 4) is 0 Å². The Morgan fingerprint density at radius 3 is 3.00 bits per heavy atom. The number of carbonyl (C=O) groups is 2. The lowest BCUT2D eigenvalue weighted by molar-refractivity contribution is -0.130. The first-order valence-corrected chi connectivity index (χ1v) is 9.38. The van der Waals surface area contributed by atoms with Gasteiger partial charge in [-0.1, -0.05) is 12.1 Å². The Bertz CT molecular complexity index is 754. The normalized spacial score (nSPS) is 23.3. The summed E-state index contributed by atoms with van der Waals surface area (Å²) in [7, 11) is 0.